The lowest BCUT2D eigenvalue weighted by molar-refractivity contribution is 0.415. The molecule has 3 aromatic rings. The maximum Gasteiger partial charge on any atom is 0.215 e. The third-order valence-electron chi connectivity index (χ3n) is 4.05. The summed E-state index contributed by atoms with van der Waals surface area (Å²) >= 11 is 6.69. The van der Waals surface area contributed by atoms with Crippen LogP contribution in [0.15, 0.2) is 47.5 Å². The van der Waals surface area contributed by atoms with Crippen LogP contribution in [0.25, 0.3) is 17.3 Å². The van der Waals surface area contributed by atoms with E-state index in [0.717, 1.165) is 22.6 Å². The minimum atomic E-state index is 0.0356. The first-order valence-electron chi connectivity index (χ1n) is 7.75. The van der Waals surface area contributed by atoms with Crippen LogP contribution in [0.1, 0.15) is 10.4 Å². The van der Waals surface area contributed by atoms with Gasteiger partial charge < -0.3 is 14.9 Å². The van der Waals surface area contributed by atoms with Gasteiger partial charge >= 0.3 is 0 Å². The van der Waals surface area contributed by atoms with Gasteiger partial charge in [-0.2, -0.15) is 0 Å². The zero-order valence-electron chi connectivity index (χ0n) is 13.7. The van der Waals surface area contributed by atoms with Crippen LogP contribution in [0, 0.1) is 3.95 Å². The van der Waals surface area contributed by atoms with Gasteiger partial charge in [0.05, 0.1) is 23.4 Å². The van der Waals surface area contributed by atoms with E-state index in [-0.39, 0.29) is 11.6 Å². The average molecular weight is 382 g/mol. The molecule has 2 aromatic carbocycles. The number of methoxy groups -OCH3 is 1. The molecule has 0 atom stereocenters. The van der Waals surface area contributed by atoms with E-state index in [1.807, 2.05) is 24.3 Å². The molecule has 2 N–H and O–H groups in total. The normalized spacial score (nSPS) is 14.0. The number of nitrogens with zero attached hydrogens (tertiary/aromatic N) is 2. The summed E-state index contributed by atoms with van der Waals surface area (Å²) in [6.07, 6.45) is 3.61. The van der Waals surface area contributed by atoms with E-state index >= 15 is 0 Å². The average Bonchev–Trinajstić information content (AvgIpc) is 3.15. The number of benzene rings is 2. The van der Waals surface area contributed by atoms with Crippen molar-refractivity contribution in [1.82, 2.24) is 4.57 Å². The second-order valence-electron chi connectivity index (χ2n) is 5.65. The zero-order valence-corrected chi connectivity index (χ0v) is 15.3. The van der Waals surface area contributed by atoms with Gasteiger partial charge in [-0.3, -0.25) is 9.56 Å². The maximum absolute atomic E-state index is 10.7. The number of phenolic OH excluding ortho intramolecular Hbond substituents is 1. The number of allylic oxidation sites excluding steroid dienone is 1. The molecule has 0 radical (unpaired) electrons. The largest absolute Gasteiger partial charge is 0.508 e. The number of fused-ring (bicyclic) bond motifs is 1. The molecule has 0 spiro atoms. The van der Waals surface area contributed by atoms with Gasteiger partial charge in [-0.25, -0.2) is 0 Å². The first-order valence-corrected chi connectivity index (χ1v) is 8.97. The smallest absolute Gasteiger partial charge is 0.215 e. The van der Waals surface area contributed by atoms with E-state index in [1.54, 1.807) is 37.6 Å². The van der Waals surface area contributed by atoms with Crippen molar-refractivity contribution in [1.29, 1.82) is 0 Å². The highest BCUT2D eigenvalue weighted by Gasteiger charge is 2.17. The number of aromatic hydroxyl groups is 2. The van der Waals surface area contributed by atoms with E-state index in [1.165, 1.54) is 15.9 Å². The lowest BCUT2D eigenvalue weighted by atomic mass is 10.1. The predicted octanol–water partition coefficient (Wildman–Crippen LogP) is 4.94. The number of aromatic nitrogens is 1. The monoisotopic (exact) mass is 382 g/mol. The number of hydrogen-bond donors (Lipinski definition) is 2. The standard InChI is InChI=1S/C19H14N2O3S2/c1-24-14-5-6-15-11(10-20-16(15)9-14)7-17-18(23)21(19(25)26-17)12-3-2-4-13(22)8-12/h2-10,22-23H,1H3/b11-7-. The molecule has 1 aliphatic heterocycles. The molecule has 1 aromatic heterocycles. The minimum Gasteiger partial charge on any atom is -0.508 e. The number of thiazole rings is 1. The molecule has 5 nitrogen and oxygen atoms in total. The number of aliphatic imine (C=N–C) groups is 1. The Morgan fingerprint density at radius 3 is 2.81 bits per heavy atom. The fraction of sp³-hybridized carbons (Fsp3) is 0.0526. The molecule has 7 heteroatoms. The van der Waals surface area contributed by atoms with Crippen molar-refractivity contribution in [3.63, 3.8) is 0 Å². The van der Waals surface area contributed by atoms with Crippen molar-refractivity contribution in [2.45, 2.75) is 0 Å². The number of ether oxygens (including phenoxy) is 1. The molecule has 2 heterocycles. The summed E-state index contributed by atoms with van der Waals surface area (Å²) in [6.45, 7) is 0. The van der Waals surface area contributed by atoms with Gasteiger partial charge in [-0.15, -0.1) is 11.3 Å². The molecule has 0 bridgehead atoms. The highest BCUT2D eigenvalue weighted by molar-refractivity contribution is 7.73. The van der Waals surface area contributed by atoms with Crippen LogP contribution < -0.4 is 4.74 Å². The second kappa shape index (κ2) is 6.44. The lowest BCUT2D eigenvalue weighted by Crippen LogP contribution is -1.92. The summed E-state index contributed by atoms with van der Waals surface area (Å²) in [6, 6.07) is 12.3. The summed E-state index contributed by atoms with van der Waals surface area (Å²) in [5.41, 5.74) is 3.29. The maximum atomic E-state index is 10.7. The number of phenols is 1. The van der Waals surface area contributed by atoms with Crippen LogP contribution in [-0.4, -0.2) is 28.1 Å². The Hall–Kier alpha value is -2.90. The second-order valence-corrected chi connectivity index (χ2v) is 7.33. The van der Waals surface area contributed by atoms with E-state index in [4.69, 9.17) is 17.0 Å². The Morgan fingerprint density at radius 2 is 2.04 bits per heavy atom. The van der Waals surface area contributed by atoms with Crippen molar-refractivity contribution in [3.05, 3.63) is 56.9 Å². The molecule has 130 valence electrons. The van der Waals surface area contributed by atoms with Crippen molar-refractivity contribution in [2.24, 2.45) is 4.99 Å². The van der Waals surface area contributed by atoms with Crippen LogP contribution in [0.4, 0.5) is 5.69 Å². The van der Waals surface area contributed by atoms with Gasteiger partial charge in [-0.1, -0.05) is 6.07 Å². The SMILES string of the molecule is COc1ccc2c(c1)N=C/C2=C/c1sc(=S)n(-c2cccc(O)c2)c1O. The molecule has 0 amide bonds. The summed E-state index contributed by atoms with van der Waals surface area (Å²) in [5, 5.41) is 20.3. The van der Waals surface area contributed by atoms with E-state index in [2.05, 4.69) is 4.99 Å². The summed E-state index contributed by atoms with van der Waals surface area (Å²) in [4.78, 5) is 5.03. The molecular formula is C19H14N2O3S2. The molecule has 0 unspecified atom stereocenters. The van der Waals surface area contributed by atoms with Gasteiger partial charge in [-0.05, 0) is 42.6 Å². The van der Waals surface area contributed by atoms with Crippen LogP contribution in [-0.2, 0) is 0 Å². The minimum absolute atomic E-state index is 0.0356. The van der Waals surface area contributed by atoms with Gasteiger partial charge in [0.25, 0.3) is 0 Å². The first-order chi connectivity index (χ1) is 12.6. The molecular weight excluding hydrogens is 368 g/mol. The van der Waals surface area contributed by atoms with Gasteiger partial charge in [0, 0.05) is 29.5 Å². The van der Waals surface area contributed by atoms with Crippen LogP contribution in [0.2, 0.25) is 0 Å². The van der Waals surface area contributed by atoms with Crippen LogP contribution in [0.3, 0.4) is 0 Å². The van der Waals surface area contributed by atoms with E-state index < -0.39 is 0 Å². The highest BCUT2D eigenvalue weighted by Crippen LogP contribution is 2.38. The molecule has 26 heavy (non-hydrogen) atoms. The van der Waals surface area contributed by atoms with E-state index in [0.29, 0.717) is 14.5 Å². The third-order valence-corrected chi connectivity index (χ3v) is 5.36. The Kier molecular flexibility index (Phi) is 4.10. The number of rotatable bonds is 3. The molecule has 0 aliphatic carbocycles. The first kappa shape index (κ1) is 16.6. The highest BCUT2D eigenvalue weighted by atomic mass is 32.1. The quantitative estimate of drug-likeness (QED) is 0.630. The van der Waals surface area contributed by atoms with Crippen molar-refractivity contribution in [3.8, 4) is 23.1 Å². The molecule has 4 rings (SSSR count). The Morgan fingerprint density at radius 1 is 1.19 bits per heavy atom. The molecule has 0 saturated carbocycles. The summed E-state index contributed by atoms with van der Waals surface area (Å²) in [7, 11) is 1.62. The fourth-order valence-electron chi connectivity index (χ4n) is 2.79. The van der Waals surface area contributed by atoms with Crippen LogP contribution in [0.5, 0.6) is 17.4 Å². The molecule has 0 fully saturated rings. The van der Waals surface area contributed by atoms with Gasteiger partial charge in [0.2, 0.25) is 5.88 Å². The Labute approximate surface area is 158 Å². The third kappa shape index (κ3) is 2.81. The van der Waals surface area contributed by atoms with Crippen molar-refractivity contribution >= 4 is 47.1 Å². The fourth-order valence-corrected chi connectivity index (χ4v) is 4.09. The topological polar surface area (TPSA) is 67.0 Å². The predicted molar refractivity (Wildman–Crippen MR) is 107 cm³/mol. The summed E-state index contributed by atoms with van der Waals surface area (Å²) < 4.78 is 7.25. The van der Waals surface area contributed by atoms with E-state index in [9.17, 15) is 10.2 Å². The lowest BCUT2D eigenvalue weighted by Gasteiger charge is -2.05. The Balaban J connectivity index is 1.78. The van der Waals surface area contributed by atoms with Gasteiger partial charge in [0.15, 0.2) is 3.95 Å². The van der Waals surface area contributed by atoms with Crippen LogP contribution >= 0.6 is 23.6 Å². The van der Waals surface area contributed by atoms with Crippen molar-refractivity contribution in [2.75, 3.05) is 7.11 Å². The number of hydrogen-bond acceptors (Lipinski definition) is 6. The zero-order chi connectivity index (χ0) is 18.3. The Bertz CT molecular complexity index is 1130. The molecule has 0 saturated heterocycles. The van der Waals surface area contributed by atoms with Gasteiger partial charge in [0.1, 0.15) is 11.5 Å². The molecule has 1 aliphatic rings. The summed E-state index contributed by atoms with van der Waals surface area (Å²) in [5.74, 6) is 0.893. The van der Waals surface area contributed by atoms with Crippen molar-refractivity contribution < 1.29 is 14.9 Å².